The Hall–Kier alpha value is -11.9. The molecule has 8 aromatic carbocycles. The highest BCUT2D eigenvalue weighted by molar-refractivity contribution is 5.71. The average molecular weight is 2070 g/mol. The van der Waals surface area contributed by atoms with E-state index >= 15 is 96.6 Å². The molecule has 0 N–H and O–H groups in total. The molecule has 0 aliphatic heterocycles. The zero-order valence-corrected chi connectivity index (χ0v) is 62.5. The Kier molecular flexibility index (Phi) is 30.2. The van der Waals surface area contributed by atoms with E-state index in [1.54, 1.807) is 9.47 Å². The molecule has 1 unspecified atom stereocenters. The van der Waals surface area contributed by atoms with Crippen molar-refractivity contribution in [1.29, 1.82) is 0 Å². The van der Waals surface area contributed by atoms with Gasteiger partial charge in [-0.3, -0.25) is 4.74 Å². The fourth-order valence-corrected chi connectivity index (χ4v) is 10.7. The number of ether oxygens (including phenoxy) is 12. The molecule has 136 heavy (non-hydrogen) atoms. The highest BCUT2D eigenvalue weighted by atomic mass is 19.4. The van der Waals surface area contributed by atoms with E-state index in [4.69, 9.17) is 0 Å². The third-order valence-electron chi connectivity index (χ3n) is 16.7. The van der Waals surface area contributed by atoms with Crippen molar-refractivity contribution < 1.29 is 290 Å². The van der Waals surface area contributed by atoms with Gasteiger partial charge in [0.2, 0.25) is 93.1 Å². The van der Waals surface area contributed by atoms with Gasteiger partial charge in [0, 0.05) is 0 Å². The summed E-state index contributed by atoms with van der Waals surface area (Å²) in [7, 11) is 0. The maximum atomic E-state index is 15.6. The zero-order chi connectivity index (χ0) is 104. The van der Waals surface area contributed by atoms with Crippen LogP contribution in [0.5, 0.6) is 46.0 Å². The molecule has 0 saturated carbocycles. The van der Waals surface area contributed by atoms with Gasteiger partial charge in [0.05, 0.1) is 33.4 Å². The minimum absolute atomic E-state index is 0.0461. The minimum Gasteiger partial charge on any atom is -0.482 e. The van der Waals surface area contributed by atoms with Crippen LogP contribution in [0.4, 0.5) is 233 Å². The molecule has 0 radical (unpaired) electrons. The number of hydrogen-bond acceptors (Lipinski definition) is 12. The van der Waals surface area contributed by atoms with Crippen LogP contribution < -0.4 is 28.4 Å². The Morgan fingerprint density at radius 1 is 0.235 bits per heavy atom. The van der Waals surface area contributed by atoms with Gasteiger partial charge in [-0.25, -0.2) is 80.8 Å². The van der Waals surface area contributed by atoms with E-state index in [0.717, 1.165) is 0 Å². The van der Waals surface area contributed by atoms with E-state index < -0.39 is 372 Å². The van der Waals surface area contributed by atoms with E-state index in [9.17, 15) is 136 Å². The predicted octanol–water partition coefficient (Wildman–Crippen LogP) is 26.5. The van der Waals surface area contributed by atoms with Gasteiger partial charge < -0.3 is 28.4 Å². The fourth-order valence-electron chi connectivity index (χ4n) is 10.7. The first-order chi connectivity index (χ1) is 61.7. The standard InChI is InChI=1S/C71H23F53O12/c1-3-21-28(73)40(85)53(41(86)29(21)74)126-14-58(97,98)132-66(113,114)69(119,120)135-65(111,112)64(109,110)131-23(72)13-125-52-44(89)32(77)24(33(78)45(52)90)26-36(81)48(93)56(49(94)37(26)82)129-19-9-5-17(6-10-19)61(62(103,104)105,63(106,107)108)18-7-11-20(12-8-18)130-57-50(95)38(83)27(39(84)51(57)96)25-34(79)46(91)55(47(92)35(25)80)128-16-60(101,102)134-68(117,118)71(123,124)136-70(121,122)67(115,116)133-59(99,100)15-127-54-42(87)30(75)22(4-2)31(76)43(54)88/h3-12,23H,1-2,13-16H2. The molecule has 0 saturated heterocycles. The van der Waals surface area contributed by atoms with Crippen LogP contribution in [0.3, 0.4) is 0 Å². The van der Waals surface area contributed by atoms with Gasteiger partial charge in [0.25, 0.3) is 0 Å². The van der Waals surface area contributed by atoms with E-state index in [-0.39, 0.29) is 36.4 Å². The molecule has 1 atom stereocenters. The predicted molar refractivity (Wildman–Crippen MR) is 330 cm³/mol. The van der Waals surface area contributed by atoms with Crippen molar-refractivity contribution in [2.45, 2.75) is 91.3 Å². The molecule has 0 aromatic heterocycles. The fraction of sp³-hybridized carbons (Fsp3) is 0.268. The molecule has 0 heterocycles. The lowest BCUT2D eigenvalue weighted by molar-refractivity contribution is -0.557. The third kappa shape index (κ3) is 20.4. The summed E-state index contributed by atoms with van der Waals surface area (Å²) in [5.74, 6) is -95.3. The highest BCUT2D eigenvalue weighted by Crippen LogP contribution is 2.59. The van der Waals surface area contributed by atoms with Crippen LogP contribution in [0.15, 0.2) is 61.7 Å². The van der Waals surface area contributed by atoms with Gasteiger partial charge in [0.1, 0.15) is 18.1 Å². The van der Waals surface area contributed by atoms with Crippen molar-refractivity contribution >= 4 is 12.2 Å². The molecule has 0 spiro atoms. The second kappa shape index (κ2) is 37.5. The monoisotopic (exact) mass is 2070 g/mol. The van der Waals surface area contributed by atoms with Crippen LogP contribution in [0.25, 0.3) is 34.4 Å². The maximum Gasteiger partial charge on any atom is 0.453 e. The first-order valence-electron chi connectivity index (χ1n) is 33.3. The quantitative estimate of drug-likeness (QED) is 0.0271. The molecule has 0 bridgehead atoms. The highest BCUT2D eigenvalue weighted by Gasteiger charge is 2.77. The van der Waals surface area contributed by atoms with Crippen molar-refractivity contribution in [3.63, 3.8) is 0 Å². The molecular weight excluding hydrogens is 2050 g/mol. The van der Waals surface area contributed by atoms with Crippen molar-refractivity contribution in [1.82, 2.24) is 0 Å². The van der Waals surface area contributed by atoms with Gasteiger partial charge in [-0.15, -0.1) is 0 Å². The first kappa shape index (κ1) is 109. The second-order valence-corrected chi connectivity index (χ2v) is 25.5. The summed E-state index contributed by atoms with van der Waals surface area (Å²) >= 11 is 0. The molecule has 0 aliphatic rings. The number of benzene rings is 8. The molecule has 65 heteroatoms. The molecule has 0 aliphatic carbocycles. The van der Waals surface area contributed by atoms with Crippen LogP contribution >= 0.6 is 0 Å². The van der Waals surface area contributed by atoms with Crippen LogP contribution in [0, 0.1) is 140 Å². The lowest BCUT2D eigenvalue weighted by Crippen LogP contribution is -2.58. The van der Waals surface area contributed by atoms with Gasteiger partial charge in [0.15, 0.2) is 113 Å². The molecule has 8 rings (SSSR count). The first-order valence-corrected chi connectivity index (χ1v) is 33.3. The topological polar surface area (TPSA) is 111 Å². The van der Waals surface area contributed by atoms with Crippen LogP contribution in [0.1, 0.15) is 22.3 Å². The molecular formula is C71H23F53O12. The van der Waals surface area contributed by atoms with E-state index in [0.29, 0.717) is 0 Å². The normalized spacial score (nSPS) is 13.7. The van der Waals surface area contributed by atoms with Crippen molar-refractivity contribution in [3.8, 4) is 68.2 Å². The smallest absolute Gasteiger partial charge is 0.453 e. The summed E-state index contributed by atoms with van der Waals surface area (Å²) in [4.78, 5) is 0. The van der Waals surface area contributed by atoms with Gasteiger partial charge in [-0.1, -0.05) is 49.6 Å². The lowest BCUT2D eigenvalue weighted by atomic mass is 9.73. The van der Waals surface area contributed by atoms with Gasteiger partial charge in [-0.05, 0) is 35.4 Å². The summed E-state index contributed by atoms with van der Waals surface area (Å²) in [6.45, 7) is -7.88. The largest absolute Gasteiger partial charge is 0.482 e. The molecule has 0 amide bonds. The summed E-state index contributed by atoms with van der Waals surface area (Å²) in [6, 6.07) is -2.52. The number of halogens is 53. The lowest BCUT2D eigenvalue weighted by Gasteiger charge is -2.38. The van der Waals surface area contributed by atoms with E-state index in [1.165, 1.54) is 0 Å². The Labute approximate surface area is 710 Å². The molecule has 750 valence electrons. The SMILES string of the molecule is C=Cc1c(F)c(F)c(OCC(F)(F)OC(F)(F)C(F)(F)OC(F)(F)C(F)(F)OC(F)COc2c(F)c(F)c(-c3c(F)c(F)c(Oc4ccc(C(c5ccc(Oc6c(F)c(F)c(-c7c(F)c(F)c(OCC(F)(F)OC(F)(F)C(F)(F)OC(F)(F)C(F)(F)OC(F)(F)COc8c(F)c(F)c(C=C)c(F)c8F)c(F)c7F)c(F)c6F)cc5)(C(F)(F)F)C(F)(F)F)cc4)c(F)c3F)c(F)c2F)c(F)c1F. The molecule has 12 nitrogen and oxygen atoms in total. The van der Waals surface area contributed by atoms with Crippen molar-refractivity contribution in [2.75, 3.05) is 26.4 Å². The van der Waals surface area contributed by atoms with Crippen LogP contribution in [-0.4, -0.2) is 112 Å². The van der Waals surface area contributed by atoms with Gasteiger partial charge in [-0.2, -0.15) is 176 Å². The van der Waals surface area contributed by atoms with E-state index in [2.05, 4.69) is 60.5 Å². The Morgan fingerprint density at radius 2 is 0.426 bits per heavy atom. The van der Waals surface area contributed by atoms with Gasteiger partial charge >= 0.3 is 79.5 Å². The second-order valence-electron chi connectivity index (χ2n) is 25.5. The minimum atomic E-state index is -7.83. The third-order valence-corrected chi connectivity index (χ3v) is 16.7. The molecule has 8 aromatic rings. The zero-order valence-electron chi connectivity index (χ0n) is 62.5. The summed E-state index contributed by atoms with van der Waals surface area (Å²) in [5.41, 5.74) is -25.6. The Balaban J connectivity index is 0.955. The summed E-state index contributed by atoms with van der Waals surface area (Å²) in [5, 5.41) is 0. The Bertz CT molecular complexity index is 5730. The molecule has 0 fully saturated rings. The Morgan fingerprint density at radius 3 is 0.640 bits per heavy atom. The van der Waals surface area contributed by atoms with Crippen LogP contribution in [0.2, 0.25) is 0 Å². The maximum absolute atomic E-state index is 15.6. The summed E-state index contributed by atoms with van der Waals surface area (Å²) in [6.07, 6.45) is -98.3. The van der Waals surface area contributed by atoms with E-state index in [1.807, 2.05) is 0 Å². The summed E-state index contributed by atoms with van der Waals surface area (Å²) < 4.78 is 813. The number of rotatable bonds is 38. The van der Waals surface area contributed by atoms with Crippen molar-refractivity contribution in [2.24, 2.45) is 0 Å². The van der Waals surface area contributed by atoms with Crippen molar-refractivity contribution in [3.05, 3.63) is 224 Å². The average Bonchev–Trinajstić information content (AvgIpc) is 0.711. The number of alkyl halides is 29. The number of hydrogen-bond donors (Lipinski definition) is 0. The van der Waals surface area contributed by atoms with Crippen LogP contribution in [-0.2, 0) is 33.8 Å².